The molecule has 0 spiro atoms. The van der Waals surface area contributed by atoms with Crippen LogP contribution in [0.1, 0.15) is 19.4 Å². The number of allylic oxidation sites excluding steroid dienone is 2. The van der Waals surface area contributed by atoms with Gasteiger partial charge in [-0.1, -0.05) is 28.1 Å². The number of nitriles is 3. The van der Waals surface area contributed by atoms with Crippen LogP contribution >= 0.6 is 15.9 Å². The predicted octanol–water partition coefficient (Wildman–Crippen LogP) is 3.84. The largest absolute Gasteiger partial charge is 0.475 e. The fraction of sp³-hybridized carbons (Fsp3) is 0.188. The molecule has 5 heteroatoms. The van der Waals surface area contributed by atoms with Crippen molar-refractivity contribution in [3.05, 3.63) is 56.8 Å². The summed E-state index contributed by atoms with van der Waals surface area (Å²) in [5.41, 5.74) is 0.733. The number of nitrogens with zero attached hydrogens (tertiary/aromatic N) is 3. The average molecular weight is 340 g/mol. The number of halogens is 1. The van der Waals surface area contributed by atoms with Crippen LogP contribution in [0.15, 0.2) is 51.2 Å². The van der Waals surface area contributed by atoms with Gasteiger partial charge >= 0.3 is 0 Å². The number of rotatable bonds is 1. The smallest absolute Gasteiger partial charge is 0.172 e. The van der Waals surface area contributed by atoms with Crippen LogP contribution in [0.5, 0.6) is 0 Å². The topological polar surface area (TPSA) is 80.6 Å². The molecule has 0 radical (unpaired) electrons. The van der Waals surface area contributed by atoms with E-state index in [-0.39, 0.29) is 16.9 Å². The second kappa shape index (κ2) is 5.44. The number of hydrogen-bond acceptors (Lipinski definition) is 4. The molecule has 1 aromatic carbocycles. The van der Waals surface area contributed by atoms with Crippen molar-refractivity contribution in [2.45, 2.75) is 19.4 Å². The lowest BCUT2D eigenvalue weighted by atomic mass is 9.88. The number of benzene rings is 1. The zero-order chi connectivity index (χ0) is 15.6. The number of ether oxygens (including phenoxy) is 1. The highest BCUT2D eigenvalue weighted by Crippen LogP contribution is 2.45. The van der Waals surface area contributed by atoms with Gasteiger partial charge in [-0.15, -0.1) is 0 Å². The molecule has 0 saturated carbocycles. The molecule has 1 aromatic rings. The SMILES string of the molecule is CC1=C(C#N)C(=C(C#N)C#N)OC1(C)c1ccc(Br)cc1. The molecular weight excluding hydrogens is 330 g/mol. The van der Waals surface area contributed by atoms with Crippen LogP contribution in [0.4, 0.5) is 0 Å². The van der Waals surface area contributed by atoms with Crippen LogP contribution in [-0.2, 0) is 10.3 Å². The van der Waals surface area contributed by atoms with Crippen molar-refractivity contribution in [1.29, 1.82) is 15.8 Å². The Morgan fingerprint density at radius 2 is 1.71 bits per heavy atom. The van der Waals surface area contributed by atoms with Gasteiger partial charge in [0.05, 0.1) is 5.57 Å². The Bertz CT molecular complexity index is 769. The molecule has 0 saturated heterocycles. The molecule has 0 bridgehead atoms. The highest BCUT2D eigenvalue weighted by atomic mass is 79.9. The van der Waals surface area contributed by atoms with E-state index in [0.717, 1.165) is 10.0 Å². The first-order chi connectivity index (χ1) is 9.97. The molecule has 4 nitrogen and oxygen atoms in total. The highest BCUT2D eigenvalue weighted by molar-refractivity contribution is 9.10. The Hall–Kier alpha value is -2.55. The van der Waals surface area contributed by atoms with E-state index in [0.29, 0.717) is 5.57 Å². The van der Waals surface area contributed by atoms with Crippen molar-refractivity contribution >= 4 is 15.9 Å². The number of hydrogen-bond donors (Lipinski definition) is 0. The Kier molecular flexibility index (Phi) is 3.85. The average Bonchev–Trinajstić information content (AvgIpc) is 2.74. The summed E-state index contributed by atoms with van der Waals surface area (Å²) in [6.07, 6.45) is 0. The minimum atomic E-state index is -0.861. The maximum Gasteiger partial charge on any atom is 0.172 e. The molecule has 1 aliphatic rings. The fourth-order valence-corrected chi connectivity index (χ4v) is 2.49. The Balaban J connectivity index is 2.66. The van der Waals surface area contributed by atoms with Gasteiger partial charge in [0.1, 0.15) is 18.2 Å². The fourth-order valence-electron chi connectivity index (χ4n) is 2.22. The maximum atomic E-state index is 9.32. The van der Waals surface area contributed by atoms with Gasteiger partial charge in [0, 0.05) is 4.47 Å². The van der Waals surface area contributed by atoms with E-state index in [1.165, 1.54) is 0 Å². The monoisotopic (exact) mass is 339 g/mol. The first kappa shape index (κ1) is 14.9. The summed E-state index contributed by atoms with van der Waals surface area (Å²) in [5.74, 6) is 0.0606. The van der Waals surface area contributed by atoms with Crippen molar-refractivity contribution in [3.63, 3.8) is 0 Å². The van der Waals surface area contributed by atoms with Crippen molar-refractivity contribution in [3.8, 4) is 18.2 Å². The van der Waals surface area contributed by atoms with Crippen molar-refractivity contribution in [2.24, 2.45) is 0 Å². The van der Waals surface area contributed by atoms with Crippen LogP contribution in [0.25, 0.3) is 0 Å². The molecule has 102 valence electrons. The van der Waals surface area contributed by atoms with Crippen LogP contribution in [0, 0.1) is 34.0 Å². The van der Waals surface area contributed by atoms with E-state index in [2.05, 4.69) is 15.9 Å². The Labute approximate surface area is 131 Å². The van der Waals surface area contributed by atoms with E-state index in [4.69, 9.17) is 15.3 Å². The Morgan fingerprint density at radius 3 is 2.19 bits per heavy atom. The molecule has 1 heterocycles. The maximum absolute atomic E-state index is 9.32. The zero-order valence-corrected chi connectivity index (χ0v) is 13.0. The van der Waals surface area contributed by atoms with E-state index in [9.17, 15) is 5.26 Å². The summed E-state index contributed by atoms with van der Waals surface area (Å²) in [7, 11) is 0. The summed E-state index contributed by atoms with van der Waals surface area (Å²) in [6, 6.07) is 13.1. The first-order valence-corrected chi connectivity index (χ1v) is 6.88. The Morgan fingerprint density at radius 1 is 1.14 bits per heavy atom. The summed E-state index contributed by atoms with van der Waals surface area (Å²) in [4.78, 5) is 0. The van der Waals surface area contributed by atoms with Gasteiger partial charge < -0.3 is 4.74 Å². The summed E-state index contributed by atoms with van der Waals surface area (Å²) in [6.45, 7) is 3.60. The quantitative estimate of drug-likeness (QED) is 0.728. The molecule has 0 N–H and O–H groups in total. The lowest BCUT2D eigenvalue weighted by Gasteiger charge is -2.26. The van der Waals surface area contributed by atoms with E-state index in [1.807, 2.05) is 37.3 Å². The molecule has 1 aliphatic heterocycles. The van der Waals surface area contributed by atoms with Crippen molar-refractivity contribution in [1.82, 2.24) is 0 Å². The van der Waals surface area contributed by atoms with Gasteiger partial charge in [-0.05, 0) is 37.1 Å². The second-order valence-corrected chi connectivity index (χ2v) is 5.60. The molecule has 0 aliphatic carbocycles. The first-order valence-electron chi connectivity index (χ1n) is 6.09. The standard InChI is InChI=1S/C16H10BrN3O/c1-10-14(9-20)15(11(7-18)8-19)21-16(10,2)12-3-5-13(17)6-4-12/h3-6H,1-2H3. The zero-order valence-electron chi connectivity index (χ0n) is 11.4. The van der Waals surface area contributed by atoms with E-state index >= 15 is 0 Å². The van der Waals surface area contributed by atoms with Gasteiger partial charge in [-0.3, -0.25) is 0 Å². The van der Waals surface area contributed by atoms with Crippen molar-refractivity contribution < 1.29 is 4.74 Å². The third kappa shape index (κ3) is 2.31. The molecule has 0 amide bonds. The molecular formula is C16H10BrN3O. The normalized spacial score (nSPS) is 20.3. The van der Waals surface area contributed by atoms with Gasteiger partial charge in [0.15, 0.2) is 16.9 Å². The summed E-state index contributed by atoms with van der Waals surface area (Å²) in [5, 5.41) is 27.4. The third-order valence-corrected chi connectivity index (χ3v) is 4.11. The van der Waals surface area contributed by atoms with Gasteiger partial charge in [0.25, 0.3) is 0 Å². The predicted molar refractivity (Wildman–Crippen MR) is 79.1 cm³/mol. The lowest BCUT2D eigenvalue weighted by Crippen LogP contribution is -2.22. The van der Waals surface area contributed by atoms with Gasteiger partial charge in [-0.2, -0.15) is 15.8 Å². The molecule has 0 fully saturated rings. The molecule has 21 heavy (non-hydrogen) atoms. The van der Waals surface area contributed by atoms with Gasteiger partial charge in [0.2, 0.25) is 0 Å². The summed E-state index contributed by atoms with van der Waals surface area (Å²) >= 11 is 3.37. The minimum Gasteiger partial charge on any atom is -0.475 e. The van der Waals surface area contributed by atoms with Crippen LogP contribution in [0.3, 0.4) is 0 Å². The van der Waals surface area contributed by atoms with Crippen molar-refractivity contribution in [2.75, 3.05) is 0 Å². The molecule has 2 rings (SSSR count). The minimum absolute atomic E-state index is 0.0606. The highest BCUT2D eigenvalue weighted by Gasteiger charge is 2.42. The third-order valence-electron chi connectivity index (χ3n) is 3.58. The molecule has 0 aromatic heterocycles. The summed E-state index contributed by atoms with van der Waals surface area (Å²) < 4.78 is 6.79. The molecule has 1 unspecified atom stereocenters. The van der Waals surface area contributed by atoms with Crippen LogP contribution < -0.4 is 0 Å². The van der Waals surface area contributed by atoms with E-state index < -0.39 is 5.60 Å². The second-order valence-electron chi connectivity index (χ2n) is 4.68. The van der Waals surface area contributed by atoms with Crippen LogP contribution in [-0.4, -0.2) is 0 Å². The van der Waals surface area contributed by atoms with Crippen LogP contribution in [0.2, 0.25) is 0 Å². The lowest BCUT2D eigenvalue weighted by molar-refractivity contribution is 0.0728. The van der Waals surface area contributed by atoms with E-state index in [1.54, 1.807) is 19.1 Å². The molecule has 1 atom stereocenters. The van der Waals surface area contributed by atoms with Gasteiger partial charge in [-0.25, -0.2) is 0 Å².